The molecule has 0 atom stereocenters. The maximum atomic E-state index is 13.1. The first-order valence-corrected chi connectivity index (χ1v) is 9.33. The van der Waals surface area contributed by atoms with Crippen molar-refractivity contribution >= 4 is 34.2 Å². The highest BCUT2D eigenvalue weighted by molar-refractivity contribution is 6.30. The van der Waals surface area contributed by atoms with Gasteiger partial charge in [-0.15, -0.1) is 0 Å². The smallest absolute Gasteiger partial charge is 0.333 e. The number of halogens is 1. The Balaban J connectivity index is 1.84. The van der Waals surface area contributed by atoms with Crippen LogP contribution in [0, 0.1) is 0 Å². The summed E-state index contributed by atoms with van der Waals surface area (Å²) in [6, 6.07) is 13.3. The zero-order chi connectivity index (χ0) is 21.4. The predicted octanol–water partition coefficient (Wildman–Crippen LogP) is 2.93. The average molecular weight is 425 g/mol. The third-order valence-corrected chi connectivity index (χ3v) is 4.96. The minimum absolute atomic E-state index is 0.158. The van der Waals surface area contributed by atoms with Gasteiger partial charge in [-0.25, -0.2) is 9.36 Å². The van der Waals surface area contributed by atoms with Gasteiger partial charge in [0.15, 0.2) is 0 Å². The van der Waals surface area contributed by atoms with E-state index in [4.69, 9.17) is 16.3 Å². The number of nitrogens with one attached hydrogen (secondary N) is 2. The first-order chi connectivity index (χ1) is 14.4. The number of anilines is 1. The summed E-state index contributed by atoms with van der Waals surface area (Å²) in [6.45, 7) is 0. The van der Waals surface area contributed by atoms with Gasteiger partial charge in [0, 0.05) is 18.3 Å². The molecule has 0 unspecified atom stereocenters. The summed E-state index contributed by atoms with van der Waals surface area (Å²) in [5.41, 5.74) is 0.144. The van der Waals surface area contributed by atoms with E-state index in [1.165, 1.54) is 17.9 Å². The lowest BCUT2D eigenvalue weighted by atomic mass is 10.2. The van der Waals surface area contributed by atoms with Gasteiger partial charge < -0.3 is 19.6 Å². The fourth-order valence-corrected chi connectivity index (χ4v) is 3.43. The first kappa shape index (κ1) is 19.5. The predicted molar refractivity (Wildman–Crippen MR) is 115 cm³/mol. The van der Waals surface area contributed by atoms with Gasteiger partial charge in [0.05, 0.1) is 29.6 Å². The Labute approximate surface area is 175 Å². The summed E-state index contributed by atoms with van der Waals surface area (Å²) in [7, 11) is 3.13. The lowest BCUT2D eigenvalue weighted by Gasteiger charge is -2.09. The van der Waals surface area contributed by atoms with Crippen LogP contribution in [0.15, 0.2) is 64.3 Å². The maximum Gasteiger partial charge on any atom is 0.333 e. The minimum Gasteiger partial charge on any atom is -0.495 e. The van der Waals surface area contributed by atoms with Crippen molar-refractivity contribution in [3.8, 4) is 11.4 Å². The first-order valence-electron chi connectivity index (χ1n) is 8.95. The molecule has 0 bridgehead atoms. The summed E-state index contributed by atoms with van der Waals surface area (Å²) < 4.78 is 7.76. The highest BCUT2D eigenvalue weighted by Crippen LogP contribution is 2.25. The van der Waals surface area contributed by atoms with E-state index in [1.54, 1.807) is 55.6 Å². The zero-order valence-electron chi connectivity index (χ0n) is 16.1. The lowest BCUT2D eigenvalue weighted by molar-refractivity contribution is 0.102. The van der Waals surface area contributed by atoms with Crippen molar-refractivity contribution in [3.63, 3.8) is 0 Å². The maximum absolute atomic E-state index is 13.1. The highest BCUT2D eigenvalue weighted by Gasteiger charge is 2.21. The summed E-state index contributed by atoms with van der Waals surface area (Å²) in [5.74, 6) is 0.00840. The van der Waals surface area contributed by atoms with Gasteiger partial charge >= 0.3 is 5.69 Å². The number of rotatable bonds is 4. The molecule has 1 amide bonds. The van der Waals surface area contributed by atoms with Crippen LogP contribution >= 0.6 is 11.6 Å². The Morgan fingerprint density at radius 2 is 1.80 bits per heavy atom. The summed E-state index contributed by atoms with van der Waals surface area (Å²) in [6.07, 6.45) is 1.50. The molecule has 2 N–H and O–H groups in total. The van der Waals surface area contributed by atoms with Crippen molar-refractivity contribution in [2.24, 2.45) is 7.05 Å². The van der Waals surface area contributed by atoms with Crippen molar-refractivity contribution < 1.29 is 9.53 Å². The molecule has 0 aliphatic heterocycles. The monoisotopic (exact) mass is 424 g/mol. The molecule has 4 rings (SSSR count). The molecular formula is C21H17ClN4O4. The molecule has 4 aromatic rings. The average Bonchev–Trinajstić information content (AvgIpc) is 3.06. The molecule has 0 fully saturated rings. The second-order valence-corrected chi connectivity index (χ2v) is 7.02. The van der Waals surface area contributed by atoms with Crippen LogP contribution in [-0.2, 0) is 7.05 Å². The van der Waals surface area contributed by atoms with E-state index in [1.807, 2.05) is 0 Å². The quantitative estimate of drug-likeness (QED) is 0.526. The number of aromatic nitrogens is 3. The minimum atomic E-state index is -0.660. The van der Waals surface area contributed by atoms with Gasteiger partial charge in [-0.05, 0) is 36.4 Å². The molecule has 152 valence electrons. The SMILES string of the molecule is COc1ccccc1NC(=O)c1cn(C)c2c(=O)n(-c3ccc(Cl)cc3)c(=O)[nH]c12. The molecule has 0 saturated heterocycles. The van der Waals surface area contributed by atoms with Crippen LogP contribution in [0.25, 0.3) is 16.7 Å². The van der Waals surface area contributed by atoms with Crippen LogP contribution in [-0.4, -0.2) is 27.1 Å². The molecule has 2 heterocycles. The molecule has 0 spiro atoms. The van der Waals surface area contributed by atoms with E-state index >= 15 is 0 Å². The number of aromatic amines is 1. The Kier molecular flexibility index (Phi) is 4.93. The van der Waals surface area contributed by atoms with Gasteiger partial charge in [0.1, 0.15) is 11.3 Å². The van der Waals surface area contributed by atoms with Crippen molar-refractivity contribution in [3.05, 3.63) is 86.2 Å². The molecule has 0 radical (unpaired) electrons. The zero-order valence-corrected chi connectivity index (χ0v) is 16.9. The van der Waals surface area contributed by atoms with Crippen LogP contribution in [0.5, 0.6) is 5.75 Å². The number of amides is 1. The van der Waals surface area contributed by atoms with E-state index in [0.29, 0.717) is 22.1 Å². The number of carbonyl (C=O) groups excluding carboxylic acids is 1. The van der Waals surface area contributed by atoms with Gasteiger partial charge in [-0.3, -0.25) is 9.59 Å². The standard InChI is InChI=1S/C21H17ClN4O4/c1-25-11-14(19(27)23-15-5-3-4-6-16(15)30-2)17-18(25)20(28)26(21(29)24-17)13-9-7-12(22)8-10-13/h3-11H,1-2H3,(H,23,27)(H,24,29). The van der Waals surface area contributed by atoms with Crippen LogP contribution in [0.1, 0.15) is 10.4 Å². The fraction of sp³-hybridized carbons (Fsp3) is 0.0952. The lowest BCUT2D eigenvalue weighted by Crippen LogP contribution is -2.34. The Morgan fingerprint density at radius 1 is 1.10 bits per heavy atom. The van der Waals surface area contributed by atoms with Gasteiger partial charge in [0.2, 0.25) is 0 Å². The Bertz CT molecular complexity index is 1380. The number of hydrogen-bond acceptors (Lipinski definition) is 4. The molecule has 0 aliphatic carbocycles. The van der Waals surface area contributed by atoms with Gasteiger partial charge in [-0.1, -0.05) is 23.7 Å². The van der Waals surface area contributed by atoms with Crippen LogP contribution in [0.2, 0.25) is 5.02 Å². The second-order valence-electron chi connectivity index (χ2n) is 6.58. The Morgan fingerprint density at radius 3 is 2.50 bits per heavy atom. The summed E-state index contributed by atoms with van der Waals surface area (Å²) >= 11 is 5.89. The van der Waals surface area contributed by atoms with Crippen LogP contribution in [0.4, 0.5) is 5.69 Å². The normalized spacial score (nSPS) is 10.9. The fourth-order valence-electron chi connectivity index (χ4n) is 3.31. The van der Waals surface area contributed by atoms with Crippen LogP contribution < -0.4 is 21.3 Å². The second kappa shape index (κ2) is 7.57. The van der Waals surface area contributed by atoms with Crippen molar-refractivity contribution in [1.82, 2.24) is 14.1 Å². The van der Waals surface area contributed by atoms with Crippen molar-refractivity contribution in [2.45, 2.75) is 0 Å². The number of methoxy groups -OCH3 is 1. The summed E-state index contributed by atoms with van der Waals surface area (Å²) in [5, 5.41) is 3.24. The molecule has 8 nitrogen and oxygen atoms in total. The van der Waals surface area contributed by atoms with Gasteiger partial charge in [-0.2, -0.15) is 0 Å². The number of hydrogen-bond donors (Lipinski definition) is 2. The van der Waals surface area contributed by atoms with Gasteiger partial charge in [0.25, 0.3) is 11.5 Å². The molecule has 2 aromatic heterocycles. The molecule has 9 heteroatoms. The number of fused-ring (bicyclic) bond motifs is 1. The third-order valence-electron chi connectivity index (χ3n) is 4.71. The van der Waals surface area contributed by atoms with E-state index < -0.39 is 17.2 Å². The van der Waals surface area contributed by atoms with Crippen molar-refractivity contribution in [2.75, 3.05) is 12.4 Å². The number of para-hydroxylation sites is 2. The van der Waals surface area contributed by atoms with E-state index in [2.05, 4.69) is 10.3 Å². The number of H-pyrrole nitrogens is 1. The molecule has 2 aromatic carbocycles. The van der Waals surface area contributed by atoms with Crippen LogP contribution in [0.3, 0.4) is 0 Å². The molecule has 0 saturated carbocycles. The number of aryl methyl sites for hydroxylation is 1. The van der Waals surface area contributed by atoms with E-state index in [0.717, 1.165) is 4.57 Å². The number of nitrogens with zero attached hydrogens (tertiary/aromatic N) is 2. The third kappa shape index (κ3) is 3.27. The van der Waals surface area contributed by atoms with E-state index in [-0.39, 0.29) is 16.6 Å². The molecular weight excluding hydrogens is 408 g/mol. The number of benzene rings is 2. The number of ether oxygens (including phenoxy) is 1. The molecule has 0 aliphatic rings. The van der Waals surface area contributed by atoms with Crippen molar-refractivity contribution in [1.29, 1.82) is 0 Å². The summed E-state index contributed by atoms with van der Waals surface area (Å²) in [4.78, 5) is 41.3. The molecule has 30 heavy (non-hydrogen) atoms. The topological polar surface area (TPSA) is 98.1 Å². The number of carbonyl (C=O) groups is 1. The Hall–Kier alpha value is -3.78. The highest BCUT2D eigenvalue weighted by atomic mass is 35.5. The van der Waals surface area contributed by atoms with E-state index in [9.17, 15) is 14.4 Å². The largest absolute Gasteiger partial charge is 0.495 e.